The third kappa shape index (κ3) is 6.16. The first-order valence-electron chi connectivity index (χ1n) is 5.32. The second-order valence-electron chi connectivity index (χ2n) is 3.64. The highest BCUT2D eigenvalue weighted by Crippen LogP contribution is 1.93. The maximum absolute atomic E-state index is 5.18. The Kier molecular flexibility index (Phi) is 7.80. The van der Waals surface area contributed by atoms with Crippen LogP contribution in [-0.2, 0) is 0 Å². The number of hydrogen-bond acceptors (Lipinski definition) is 2. The Morgan fingerprint density at radius 2 is 2.00 bits per heavy atom. The number of unbranched alkanes of at least 4 members (excludes halogenated alkanes) is 1. The van der Waals surface area contributed by atoms with E-state index in [-0.39, 0.29) is 0 Å². The molecule has 0 aromatic heterocycles. The molecule has 0 aromatic carbocycles. The lowest BCUT2D eigenvalue weighted by Gasteiger charge is -2.25. The Labute approximate surface area is 93.2 Å². The minimum Gasteiger partial charge on any atom is -0.363 e. The predicted octanol–water partition coefficient (Wildman–Crippen LogP) is 1.55. The van der Waals surface area contributed by atoms with Gasteiger partial charge in [0.1, 0.15) is 0 Å². The van der Waals surface area contributed by atoms with Gasteiger partial charge in [0.2, 0.25) is 0 Å². The SMILES string of the molecule is CCCCNC(=S)NC(CC)N(C)C. The molecule has 0 aromatic rings. The van der Waals surface area contributed by atoms with Gasteiger partial charge in [0.25, 0.3) is 0 Å². The number of rotatable bonds is 6. The fourth-order valence-corrected chi connectivity index (χ4v) is 1.42. The first-order chi connectivity index (χ1) is 6.61. The van der Waals surface area contributed by atoms with Crippen LogP contribution in [0, 0.1) is 0 Å². The van der Waals surface area contributed by atoms with Crippen molar-refractivity contribution in [2.45, 2.75) is 39.3 Å². The molecule has 0 aliphatic carbocycles. The van der Waals surface area contributed by atoms with Crippen LogP contribution < -0.4 is 10.6 Å². The molecule has 1 atom stereocenters. The molecule has 0 saturated carbocycles. The fourth-order valence-electron chi connectivity index (χ4n) is 1.18. The summed E-state index contributed by atoms with van der Waals surface area (Å²) in [6, 6.07) is 0. The Balaban J connectivity index is 3.68. The van der Waals surface area contributed by atoms with Crippen molar-refractivity contribution >= 4 is 17.3 Å². The smallest absolute Gasteiger partial charge is 0.167 e. The Bertz CT molecular complexity index is 159. The van der Waals surface area contributed by atoms with Gasteiger partial charge < -0.3 is 10.6 Å². The molecule has 0 spiro atoms. The summed E-state index contributed by atoms with van der Waals surface area (Å²) in [5.41, 5.74) is 0. The van der Waals surface area contributed by atoms with Gasteiger partial charge in [0.05, 0.1) is 6.17 Å². The molecular formula is C10H23N3S. The molecule has 1 unspecified atom stereocenters. The van der Waals surface area contributed by atoms with E-state index in [4.69, 9.17) is 12.2 Å². The third-order valence-electron chi connectivity index (χ3n) is 2.12. The van der Waals surface area contributed by atoms with E-state index >= 15 is 0 Å². The average Bonchev–Trinajstić information content (AvgIpc) is 2.14. The van der Waals surface area contributed by atoms with Gasteiger partial charge in [-0.2, -0.15) is 0 Å². The molecule has 2 N–H and O–H groups in total. The topological polar surface area (TPSA) is 27.3 Å². The van der Waals surface area contributed by atoms with E-state index in [2.05, 4.69) is 43.5 Å². The minimum atomic E-state index is 0.330. The molecule has 14 heavy (non-hydrogen) atoms. The molecule has 0 amide bonds. The van der Waals surface area contributed by atoms with Crippen molar-refractivity contribution in [3.8, 4) is 0 Å². The highest BCUT2D eigenvalue weighted by atomic mass is 32.1. The molecule has 0 heterocycles. The first kappa shape index (κ1) is 13.7. The molecule has 0 aliphatic rings. The molecular weight excluding hydrogens is 194 g/mol. The number of hydrogen-bond donors (Lipinski definition) is 2. The molecule has 3 nitrogen and oxygen atoms in total. The summed E-state index contributed by atoms with van der Waals surface area (Å²) < 4.78 is 0. The van der Waals surface area contributed by atoms with Crippen molar-refractivity contribution < 1.29 is 0 Å². The number of nitrogens with zero attached hydrogens (tertiary/aromatic N) is 1. The normalized spacial score (nSPS) is 12.6. The second kappa shape index (κ2) is 8.00. The van der Waals surface area contributed by atoms with Crippen molar-refractivity contribution in [1.82, 2.24) is 15.5 Å². The number of thiocarbonyl (C=S) groups is 1. The molecule has 0 saturated heterocycles. The summed E-state index contributed by atoms with van der Waals surface area (Å²) in [7, 11) is 4.10. The largest absolute Gasteiger partial charge is 0.363 e. The molecule has 0 aliphatic heterocycles. The summed E-state index contributed by atoms with van der Waals surface area (Å²) in [5.74, 6) is 0. The zero-order chi connectivity index (χ0) is 11.0. The monoisotopic (exact) mass is 217 g/mol. The first-order valence-corrected chi connectivity index (χ1v) is 5.73. The van der Waals surface area contributed by atoms with Crippen molar-refractivity contribution in [1.29, 1.82) is 0 Å². The molecule has 84 valence electrons. The lowest BCUT2D eigenvalue weighted by atomic mass is 10.3. The lowest BCUT2D eigenvalue weighted by Crippen LogP contribution is -2.48. The van der Waals surface area contributed by atoms with Crippen LogP contribution in [0.1, 0.15) is 33.1 Å². The van der Waals surface area contributed by atoms with Crippen LogP contribution in [-0.4, -0.2) is 36.8 Å². The van der Waals surface area contributed by atoms with Crippen LogP contribution >= 0.6 is 12.2 Å². The minimum absolute atomic E-state index is 0.330. The van der Waals surface area contributed by atoms with Gasteiger partial charge in [-0.15, -0.1) is 0 Å². The van der Waals surface area contributed by atoms with Crippen molar-refractivity contribution in [3.05, 3.63) is 0 Å². The van der Waals surface area contributed by atoms with E-state index in [1.165, 1.54) is 12.8 Å². The van der Waals surface area contributed by atoms with E-state index in [1.807, 2.05) is 0 Å². The Hall–Kier alpha value is -0.350. The molecule has 0 fully saturated rings. The Morgan fingerprint density at radius 3 is 2.43 bits per heavy atom. The van der Waals surface area contributed by atoms with Gasteiger partial charge in [-0.1, -0.05) is 20.3 Å². The van der Waals surface area contributed by atoms with Gasteiger partial charge in [0.15, 0.2) is 5.11 Å². The molecule has 0 rings (SSSR count). The van der Waals surface area contributed by atoms with Gasteiger partial charge in [-0.3, -0.25) is 4.90 Å². The zero-order valence-corrected chi connectivity index (χ0v) is 10.6. The second-order valence-corrected chi connectivity index (χ2v) is 4.05. The van der Waals surface area contributed by atoms with Crippen LogP contribution in [0.3, 0.4) is 0 Å². The quantitative estimate of drug-likeness (QED) is 0.401. The standard InChI is InChI=1S/C10H23N3S/c1-5-7-8-11-10(14)12-9(6-2)13(3)4/h9H,5-8H2,1-4H3,(H2,11,12,14). The summed E-state index contributed by atoms with van der Waals surface area (Å²) >= 11 is 5.18. The summed E-state index contributed by atoms with van der Waals surface area (Å²) in [5, 5.41) is 7.23. The highest BCUT2D eigenvalue weighted by molar-refractivity contribution is 7.80. The summed E-state index contributed by atoms with van der Waals surface area (Å²) in [6.45, 7) is 5.28. The van der Waals surface area contributed by atoms with E-state index in [1.54, 1.807) is 0 Å². The Morgan fingerprint density at radius 1 is 1.36 bits per heavy atom. The van der Waals surface area contributed by atoms with Crippen LogP contribution in [0.4, 0.5) is 0 Å². The lowest BCUT2D eigenvalue weighted by molar-refractivity contribution is 0.267. The van der Waals surface area contributed by atoms with Gasteiger partial charge in [-0.25, -0.2) is 0 Å². The van der Waals surface area contributed by atoms with Crippen molar-refractivity contribution in [2.75, 3.05) is 20.6 Å². The third-order valence-corrected chi connectivity index (χ3v) is 2.39. The van der Waals surface area contributed by atoms with Crippen LogP contribution in [0.25, 0.3) is 0 Å². The van der Waals surface area contributed by atoms with Gasteiger partial charge >= 0.3 is 0 Å². The van der Waals surface area contributed by atoms with Crippen molar-refractivity contribution in [2.24, 2.45) is 0 Å². The van der Waals surface area contributed by atoms with E-state index < -0.39 is 0 Å². The number of nitrogens with one attached hydrogen (secondary N) is 2. The zero-order valence-electron chi connectivity index (χ0n) is 9.76. The maximum atomic E-state index is 5.18. The van der Waals surface area contributed by atoms with E-state index in [9.17, 15) is 0 Å². The van der Waals surface area contributed by atoms with Crippen LogP contribution in [0.2, 0.25) is 0 Å². The van der Waals surface area contributed by atoms with Crippen molar-refractivity contribution in [3.63, 3.8) is 0 Å². The predicted molar refractivity (Wildman–Crippen MR) is 66.4 cm³/mol. The van der Waals surface area contributed by atoms with Crippen LogP contribution in [0.15, 0.2) is 0 Å². The summed E-state index contributed by atoms with van der Waals surface area (Å²) in [6.07, 6.45) is 3.74. The fraction of sp³-hybridized carbons (Fsp3) is 0.900. The maximum Gasteiger partial charge on any atom is 0.167 e. The summed E-state index contributed by atoms with van der Waals surface area (Å²) in [4.78, 5) is 2.13. The van der Waals surface area contributed by atoms with Gasteiger partial charge in [-0.05, 0) is 39.2 Å². The molecule has 0 radical (unpaired) electrons. The van der Waals surface area contributed by atoms with E-state index in [0.29, 0.717) is 6.17 Å². The van der Waals surface area contributed by atoms with Gasteiger partial charge in [0, 0.05) is 6.54 Å². The van der Waals surface area contributed by atoms with E-state index in [0.717, 1.165) is 18.1 Å². The molecule has 4 heteroatoms. The average molecular weight is 217 g/mol. The highest BCUT2D eigenvalue weighted by Gasteiger charge is 2.08. The van der Waals surface area contributed by atoms with Crippen LogP contribution in [0.5, 0.6) is 0 Å². The molecule has 0 bridgehead atoms.